The quantitative estimate of drug-likeness (QED) is 0.829. The lowest BCUT2D eigenvalue weighted by atomic mass is 10.0. The van der Waals surface area contributed by atoms with Crippen LogP contribution in [0, 0.1) is 17.0 Å². The average Bonchev–Trinajstić information content (AvgIpc) is 2.97. The normalized spacial score (nSPS) is 19.5. The average molecular weight is 225 g/mol. The summed E-state index contributed by atoms with van der Waals surface area (Å²) in [5.74, 6) is -0.943. The molecule has 1 N–H and O–H groups in total. The fourth-order valence-corrected chi connectivity index (χ4v) is 1.83. The molecule has 16 heavy (non-hydrogen) atoms. The van der Waals surface area contributed by atoms with Crippen LogP contribution in [0.15, 0.2) is 18.2 Å². The highest BCUT2D eigenvalue weighted by atomic mass is 19.1. The van der Waals surface area contributed by atoms with E-state index in [1.807, 2.05) is 0 Å². The van der Waals surface area contributed by atoms with Crippen LogP contribution < -0.4 is 5.32 Å². The minimum Gasteiger partial charge on any atom is -0.309 e. The number of hydrogen-bond donors (Lipinski definition) is 1. The lowest BCUT2D eigenvalue weighted by molar-refractivity contribution is 0.373. The Bertz CT molecular complexity index is 365. The highest BCUT2D eigenvalue weighted by molar-refractivity contribution is 5.19. The second-order valence-electron chi connectivity index (χ2n) is 4.96. The van der Waals surface area contributed by atoms with Crippen LogP contribution in [0.5, 0.6) is 0 Å². The molecule has 88 valence electrons. The summed E-state index contributed by atoms with van der Waals surface area (Å²) < 4.78 is 26.7. The van der Waals surface area contributed by atoms with Gasteiger partial charge in [0.2, 0.25) is 0 Å². The zero-order valence-corrected chi connectivity index (χ0v) is 9.69. The maximum Gasteiger partial charge on any atom is 0.130 e. The highest BCUT2D eigenvalue weighted by Crippen LogP contribution is 2.47. The Kier molecular flexibility index (Phi) is 2.98. The Balaban J connectivity index is 1.99. The summed E-state index contributed by atoms with van der Waals surface area (Å²) in [6, 6.07) is 4.28. The molecule has 0 radical (unpaired) electrons. The predicted molar refractivity (Wildman–Crippen MR) is 60.0 cm³/mol. The van der Waals surface area contributed by atoms with Crippen LogP contribution >= 0.6 is 0 Å². The maximum absolute atomic E-state index is 13.3. The molecule has 1 atom stereocenters. The minimum absolute atomic E-state index is 0.138. The molecule has 1 aliphatic rings. The highest BCUT2D eigenvalue weighted by Gasteiger charge is 2.42. The lowest BCUT2D eigenvalue weighted by Gasteiger charge is -2.20. The van der Waals surface area contributed by atoms with Crippen molar-refractivity contribution >= 4 is 0 Å². The molecule has 1 nitrogen and oxygen atoms in total. The first kappa shape index (κ1) is 11.5. The Labute approximate surface area is 94.9 Å². The predicted octanol–water partition coefficient (Wildman–Crippen LogP) is 3.24. The molecular weight excluding hydrogens is 208 g/mol. The van der Waals surface area contributed by atoms with E-state index >= 15 is 0 Å². The molecule has 1 aromatic rings. The third-order valence-electron chi connectivity index (χ3n) is 3.73. The van der Waals surface area contributed by atoms with Crippen LogP contribution in [-0.2, 0) is 6.54 Å². The number of benzene rings is 1. The number of rotatable bonds is 4. The van der Waals surface area contributed by atoms with E-state index in [9.17, 15) is 8.78 Å². The summed E-state index contributed by atoms with van der Waals surface area (Å²) in [5, 5.41) is 3.20. The van der Waals surface area contributed by atoms with Gasteiger partial charge in [0.15, 0.2) is 0 Å². The molecule has 2 rings (SSSR count). The topological polar surface area (TPSA) is 12.0 Å². The van der Waals surface area contributed by atoms with Crippen LogP contribution in [0.3, 0.4) is 0 Å². The monoisotopic (exact) mass is 225 g/mol. The van der Waals surface area contributed by atoms with E-state index in [-0.39, 0.29) is 12.1 Å². The van der Waals surface area contributed by atoms with Crippen LogP contribution in [0.25, 0.3) is 0 Å². The van der Waals surface area contributed by atoms with Crippen molar-refractivity contribution in [1.82, 2.24) is 5.32 Å². The molecule has 0 heterocycles. The van der Waals surface area contributed by atoms with E-state index in [2.05, 4.69) is 19.2 Å². The Morgan fingerprint density at radius 1 is 1.31 bits per heavy atom. The molecule has 0 aliphatic heterocycles. The van der Waals surface area contributed by atoms with Gasteiger partial charge >= 0.3 is 0 Å². The number of halogens is 2. The fourth-order valence-electron chi connectivity index (χ4n) is 1.83. The van der Waals surface area contributed by atoms with Gasteiger partial charge in [-0.05, 0) is 37.3 Å². The van der Waals surface area contributed by atoms with Crippen molar-refractivity contribution in [2.24, 2.45) is 5.41 Å². The van der Waals surface area contributed by atoms with E-state index in [0.29, 0.717) is 11.5 Å². The summed E-state index contributed by atoms with van der Waals surface area (Å²) in [5.41, 5.74) is 0.459. The summed E-state index contributed by atoms with van der Waals surface area (Å²) in [7, 11) is 0. The third-order valence-corrected chi connectivity index (χ3v) is 3.73. The van der Waals surface area contributed by atoms with Crippen molar-refractivity contribution in [2.45, 2.75) is 39.3 Å². The zero-order chi connectivity index (χ0) is 11.8. The Hall–Kier alpha value is -0.960. The van der Waals surface area contributed by atoms with Crippen molar-refractivity contribution in [1.29, 1.82) is 0 Å². The van der Waals surface area contributed by atoms with Gasteiger partial charge in [0, 0.05) is 18.2 Å². The first-order valence-electron chi connectivity index (χ1n) is 5.69. The molecule has 0 saturated heterocycles. The molecule has 1 aromatic carbocycles. The van der Waals surface area contributed by atoms with Crippen LogP contribution in [0.4, 0.5) is 8.78 Å². The van der Waals surface area contributed by atoms with Gasteiger partial charge in [-0.1, -0.05) is 13.0 Å². The first-order chi connectivity index (χ1) is 7.53. The number of nitrogens with one attached hydrogen (secondary N) is 1. The van der Waals surface area contributed by atoms with E-state index in [1.54, 1.807) is 0 Å². The Morgan fingerprint density at radius 3 is 2.38 bits per heavy atom. The van der Waals surface area contributed by atoms with Crippen molar-refractivity contribution in [3.8, 4) is 0 Å². The molecule has 0 amide bonds. The Morgan fingerprint density at radius 2 is 1.88 bits per heavy atom. The standard InChI is InChI=1S/C13H17F2N/c1-9(13(2)6-7-13)16-8-10-11(14)4-3-5-12(10)15/h3-5,9,16H,6-8H2,1-2H3. The summed E-state index contributed by atoms with van der Waals surface area (Å²) in [6.07, 6.45) is 2.39. The molecule has 1 aliphatic carbocycles. The molecular formula is C13H17F2N. The van der Waals surface area contributed by atoms with Gasteiger partial charge in [-0.3, -0.25) is 0 Å². The van der Waals surface area contributed by atoms with Gasteiger partial charge in [-0.25, -0.2) is 8.78 Å². The van der Waals surface area contributed by atoms with E-state index in [1.165, 1.54) is 31.0 Å². The lowest BCUT2D eigenvalue weighted by Crippen LogP contribution is -2.33. The van der Waals surface area contributed by atoms with Gasteiger partial charge in [0.1, 0.15) is 11.6 Å². The molecule has 0 spiro atoms. The smallest absolute Gasteiger partial charge is 0.130 e. The first-order valence-corrected chi connectivity index (χ1v) is 5.69. The molecule has 0 aromatic heterocycles. The second kappa shape index (κ2) is 4.13. The van der Waals surface area contributed by atoms with Crippen molar-refractivity contribution in [2.75, 3.05) is 0 Å². The van der Waals surface area contributed by atoms with Crippen molar-refractivity contribution in [3.05, 3.63) is 35.4 Å². The zero-order valence-electron chi connectivity index (χ0n) is 9.69. The van der Waals surface area contributed by atoms with Crippen LogP contribution in [0.2, 0.25) is 0 Å². The minimum atomic E-state index is -0.472. The van der Waals surface area contributed by atoms with Crippen molar-refractivity contribution in [3.63, 3.8) is 0 Å². The molecule has 1 unspecified atom stereocenters. The molecule has 1 fully saturated rings. The largest absolute Gasteiger partial charge is 0.309 e. The molecule has 3 heteroatoms. The van der Waals surface area contributed by atoms with Gasteiger partial charge in [0.05, 0.1) is 0 Å². The summed E-state index contributed by atoms with van der Waals surface area (Å²) in [4.78, 5) is 0. The van der Waals surface area contributed by atoms with Crippen molar-refractivity contribution < 1.29 is 8.78 Å². The maximum atomic E-state index is 13.3. The summed E-state index contributed by atoms with van der Waals surface area (Å²) >= 11 is 0. The number of hydrogen-bond acceptors (Lipinski definition) is 1. The van der Waals surface area contributed by atoms with Crippen LogP contribution in [-0.4, -0.2) is 6.04 Å². The van der Waals surface area contributed by atoms with E-state index in [4.69, 9.17) is 0 Å². The van der Waals surface area contributed by atoms with Gasteiger partial charge in [-0.15, -0.1) is 0 Å². The SMILES string of the molecule is CC(NCc1c(F)cccc1F)C1(C)CC1. The second-order valence-corrected chi connectivity index (χ2v) is 4.96. The van der Waals surface area contributed by atoms with Gasteiger partial charge in [0.25, 0.3) is 0 Å². The van der Waals surface area contributed by atoms with E-state index < -0.39 is 11.6 Å². The fraction of sp³-hybridized carbons (Fsp3) is 0.538. The van der Waals surface area contributed by atoms with Gasteiger partial charge < -0.3 is 5.32 Å². The third kappa shape index (κ3) is 2.24. The van der Waals surface area contributed by atoms with E-state index in [0.717, 1.165) is 0 Å². The summed E-state index contributed by atoms with van der Waals surface area (Å²) in [6.45, 7) is 4.53. The molecule has 1 saturated carbocycles. The molecule has 0 bridgehead atoms. The van der Waals surface area contributed by atoms with Gasteiger partial charge in [-0.2, -0.15) is 0 Å². The van der Waals surface area contributed by atoms with Crippen LogP contribution in [0.1, 0.15) is 32.3 Å².